The van der Waals surface area contributed by atoms with E-state index < -0.39 is 5.91 Å². The summed E-state index contributed by atoms with van der Waals surface area (Å²) in [5, 5.41) is 7.58. The molecule has 0 bridgehead atoms. The lowest BCUT2D eigenvalue weighted by molar-refractivity contribution is 0.100. The molecule has 3 rings (SSSR count). The molecule has 2 heterocycles. The zero-order valence-electron chi connectivity index (χ0n) is 13.5. The molecule has 2 aromatic heterocycles. The number of nitrogens with two attached hydrogens (primary N) is 1. The fourth-order valence-electron chi connectivity index (χ4n) is 2.39. The van der Waals surface area contributed by atoms with Crippen molar-refractivity contribution >= 4 is 29.5 Å². The second-order valence-electron chi connectivity index (χ2n) is 5.56. The molecule has 0 unspecified atom stereocenters. The van der Waals surface area contributed by atoms with Crippen LogP contribution in [-0.4, -0.2) is 27.3 Å². The summed E-state index contributed by atoms with van der Waals surface area (Å²) in [6, 6.07) is 11.1. The molecule has 1 amide bonds. The normalized spacial score (nSPS) is 11.1. The number of H-pyrrole nitrogens is 1. The van der Waals surface area contributed by atoms with Gasteiger partial charge in [0.15, 0.2) is 5.82 Å². The Hall–Kier alpha value is -2.99. The van der Waals surface area contributed by atoms with Gasteiger partial charge in [0.25, 0.3) is 5.91 Å². The molecule has 0 aliphatic heterocycles. The number of primary amides is 1. The standard InChI is InChI=1S/C18H16ClN5O/c1-11-5-6-13(9-21-11)10-22-18-16(17(20)25)15(23-24-18)8-12-3-2-4-14(19)7-12/h2-7,9-10H,8H2,1H3,(H2,20,25)(H,23,24). The maximum Gasteiger partial charge on any atom is 0.254 e. The molecule has 25 heavy (non-hydrogen) atoms. The van der Waals surface area contributed by atoms with Crippen molar-refractivity contribution < 1.29 is 4.79 Å². The van der Waals surface area contributed by atoms with Crippen LogP contribution in [0.5, 0.6) is 0 Å². The molecule has 0 fully saturated rings. The number of hydrogen-bond acceptors (Lipinski definition) is 4. The Morgan fingerprint density at radius 2 is 2.20 bits per heavy atom. The van der Waals surface area contributed by atoms with Gasteiger partial charge < -0.3 is 5.73 Å². The SMILES string of the molecule is Cc1ccc(C=Nc2n[nH]c(Cc3cccc(Cl)c3)c2C(N)=O)cn1. The van der Waals surface area contributed by atoms with Crippen molar-refractivity contribution in [2.45, 2.75) is 13.3 Å². The Morgan fingerprint density at radius 3 is 2.88 bits per heavy atom. The first kappa shape index (κ1) is 16.9. The Bertz CT molecular complexity index is 931. The lowest BCUT2D eigenvalue weighted by Crippen LogP contribution is -2.13. The van der Waals surface area contributed by atoms with Gasteiger partial charge in [-0.15, -0.1) is 0 Å². The Labute approximate surface area is 149 Å². The predicted octanol–water partition coefficient (Wildman–Crippen LogP) is 3.21. The second-order valence-corrected chi connectivity index (χ2v) is 6.00. The predicted molar refractivity (Wildman–Crippen MR) is 97.6 cm³/mol. The summed E-state index contributed by atoms with van der Waals surface area (Å²) in [6.45, 7) is 1.90. The summed E-state index contributed by atoms with van der Waals surface area (Å²) in [7, 11) is 0. The summed E-state index contributed by atoms with van der Waals surface area (Å²) < 4.78 is 0. The van der Waals surface area contributed by atoms with Crippen molar-refractivity contribution in [3.8, 4) is 0 Å². The minimum absolute atomic E-state index is 0.255. The van der Waals surface area contributed by atoms with E-state index in [0.29, 0.717) is 17.1 Å². The highest BCUT2D eigenvalue weighted by Gasteiger charge is 2.18. The van der Waals surface area contributed by atoms with Crippen LogP contribution in [0.4, 0.5) is 5.82 Å². The van der Waals surface area contributed by atoms with E-state index >= 15 is 0 Å². The molecule has 3 N–H and O–H groups in total. The van der Waals surface area contributed by atoms with Gasteiger partial charge >= 0.3 is 0 Å². The molecule has 0 atom stereocenters. The van der Waals surface area contributed by atoms with Gasteiger partial charge in [-0.1, -0.05) is 29.8 Å². The first-order chi connectivity index (χ1) is 12.0. The molecule has 0 saturated heterocycles. The topological polar surface area (TPSA) is 97.0 Å². The Kier molecular flexibility index (Phi) is 4.90. The maximum atomic E-state index is 11.9. The number of aliphatic imine (C=N–C) groups is 1. The number of nitrogens with one attached hydrogen (secondary N) is 1. The van der Waals surface area contributed by atoms with E-state index in [1.807, 2.05) is 37.3 Å². The number of aromatic amines is 1. The average molecular weight is 354 g/mol. The fraction of sp³-hybridized carbons (Fsp3) is 0.111. The number of aryl methyl sites for hydroxylation is 1. The van der Waals surface area contributed by atoms with Crippen molar-refractivity contribution in [1.29, 1.82) is 0 Å². The van der Waals surface area contributed by atoms with Crippen LogP contribution in [0.25, 0.3) is 0 Å². The summed E-state index contributed by atoms with van der Waals surface area (Å²) in [6.07, 6.45) is 3.74. The van der Waals surface area contributed by atoms with Crippen molar-refractivity contribution in [3.63, 3.8) is 0 Å². The van der Waals surface area contributed by atoms with Crippen LogP contribution >= 0.6 is 11.6 Å². The van der Waals surface area contributed by atoms with Gasteiger partial charge in [-0.05, 0) is 30.7 Å². The number of hydrogen-bond donors (Lipinski definition) is 2. The quantitative estimate of drug-likeness (QED) is 0.689. The number of halogens is 1. The molecule has 0 saturated carbocycles. The van der Waals surface area contributed by atoms with Crippen molar-refractivity contribution in [1.82, 2.24) is 15.2 Å². The number of aromatic nitrogens is 3. The van der Waals surface area contributed by atoms with E-state index in [0.717, 1.165) is 16.8 Å². The minimum Gasteiger partial charge on any atom is -0.365 e. The van der Waals surface area contributed by atoms with Crippen LogP contribution in [0.3, 0.4) is 0 Å². The summed E-state index contributed by atoms with van der Waals surface area (Å²) >= 11 is 6.00. The monoisotopic (exact) mass is 353 g/mol. The zero-order chi connectivity index (χ0) is 17.8. The molecule has 0 aliphatic rings. The summed E-state index contributed by atoms with van der Waals surface area (Å²) in [5.74, 6) is -0.329. The van der Waals surface area contributed by atoms with E-state index in [1.54, 1.807) is 18.5 Å². The highest BCUT2D eigenvalue weighted by atomic mass is 35.5. The highest BCUT2D eigenvalue weighted by molar-refractivity contribution is 6.30. The van der Waals surface area contributed by atoms with Gasteiger partial charge in [-0.2, -0.15) is 5.10 Å². The van der Waals surface area contributed by atoms with Crippen LogP contribution in [0.1, 0.15) is 32.9 Å². The molecule has 0 aliphatic carbocycles. The van der Waals surface area contributed by atoms with Crippen LogP contribution in [-0.2, 0) is 6.42 Å². The fourth-order valence-corrected chi connectivity index (χ4v) is 2.60. The molecule has 0 spiro atoms. The molecule has 126 valence electrons. The van der Waals surface area contributed by atoms with E-state index in [4.69, 9.17) is 17.3 Å². The highest BCUT2D eigenvalue weighted by Crippen LogP contribution is 2.22. The smallest absolute Gasteiger partial charge is 0.254 e. The average Bonchev–Trinajstić information content (AvgIpc) is 2.97. The first-order valence-corrected chi connectivity index (χ1v) is 7.99. The molecule has 1 aromatic carbocycles. The van der Waals surface area contributed by atoms with Crippen LogP contribution < -0.4 is 5.73 Å². The minimum atomic E-state index is -0.583. The van der Waals surface area contributed by atoms with E-state index in [9.17, 15) is 4.79 Å². The molecular weight excluding hydrogens is 338 g/mol. The zero-order valence-corrected chi connectivity index (χ0v) is 14.3. The van der Waals surface area contributed by atoms with Gasteiger partial charge in [-0.3, -0.25) is 14.9 Å². The third-order valence-electron chi connectivity index (χ3n) is 3.61. The third-order valence-corrected chi connectivity index (χ3v) is 3.84. The maximum absolute atomic E-state index is 11.9. The number of amides is 1. The van der Waals surface area contributed by atoms with Gasteiger partial charge in [0.2, 0.25) is 0 Å². The molecule has 3 aromatic rings. The van der Waals surface area contributed by atoms with Crippen LogP contribution in [0, 0.1) is 6.92 Å². The first-order valence-electron chi connectivity index (χ1n) is 7.61. The number of benzene rings is 1. The summed E-state index contributed by atoms with van der Waals surface area (Å²) in [4.78, 5) is 20.3. The largest absolute Gasteiger partial charge is 0.365 e. The van der Waals surface area contributed by atoms with Crippen LogP contribution in [0.2, 0.25) is 5.02 Å². The van der Waals surface area contributed by atoms with E-state index in [-0.39, 0.29) is 11.4 Å². The summed E-state index contributed by atoms with van der Waals surface area (Å²) in [5.41, 5.74) is 9.06. The number of rotatable bonds is 5. The van der Waals surface area contributed by atoms with Crippen molar-refractivity contribution in [3.05, 3.63) is 75.7 Å². The van der Waals surface area contributed by atoms with Gasteiger partial charge in [0.05, 0.1) is 5.69 Å². The van der Waals surface area contributed by atoms with E-state index in [2.05, 4.69) is 20.2 Å². The number of carbonyl (C=O) groups is 1. The molecule has 7 heteroatoms. The lowest BCUT2D eigenvalue weighted by atomic mass is 10.1. The van der Waals surface area contributed by atoms with Gasteiger partial charge in [-0.25, -0.2) is 4.99 Å². The van der Waals surface area contributed by atoms with Crippen molar-refractivity contribution in [2.75, 3.05) is 0 Å². The van der Waals surface area contributed by atoms with Gasteiger partial charge in [0, 0.05) is 35.1 Å². The molecular formula is C18H16ClN5O. The molecule has 6 nitrogen and oxygen atoms in total. The van der Waals surface area contributed by atoms with Gasteiger partial charge in [0.1, 0.15) is 5.56 Å². The van der Waals surface area contributed by atoms with E-state index in [1.165, 1.54) is 0 Å². The number of carbonyl (C=O) groups excluding carboxylic acids is 1. The van der Waals surface area contributed by atoms with Crippen molar-refractivity contribution in [2.24, 2.45) is 10.7 Å². The Morgan fingerprint density at radius 1 is 1.36 bits per heavy atom. The lowest BCUT2D eigenvalue weighted by Gasteiger charge is -2.02. The molecule has 0 radical (unpaired) electrons. The Balaban J connectivity index is 1.89. The number of pyridine rings is 1. The van der Waals surface area contributed by atoms with Crippen LogP contribution in [0.15, 0.2) is 47.6 Å². The third kappa shape index (κ3) is 4.10. The number of nitrogens with zero attached hydrogens (tertiary/aromatic N) is 3. The second kappa shape index (κ2) is 7.27.